The minimum atomic E-state index is -4.14. The molecule has 5 aromatic rings. The predicted octanol–water partition coefficient (Wildman–Crippen LogP) is 6.55. The second kappa shape index (κ2) is 12.3. The zero-order valence-electron chi connectivity index (χ0n) is 27.1. The highest BCUT2D eigenvalue weighted by Gasteiger charge is 2.63. The Morgan fingerprint density at radius 2 is 1.20 bits per heavy atom. The van der Waals surface area contributed by atoms with Gasteiger partial charge in [-0.15, -0.1) is 0 Å². The highest BCUT2D eigenvalue weighted by Crippen LogP contribution is 2.61. The van der Waals surface area contributed by atoms with Crippen LogP contribution in [0.2, 0.25) is 5.02 Å². The molecule has 1 saturated heterocycles. The van der Waals surface area contributed by atoms with Crippen LogP contribution in [0.25, 0.3) is 0 Å². The number of rotatable bonds is 8. The molecule has 1 heterocycles. The van der Waals surface area contributed by atoms with Crippen molar-refractivity contribution < 1.29 is 31.8 Å². The van der Waals surface area contributed by atoms with Gasteiger partial charge in [0, 0.05) is 17.4 Å². The third-order valence-corrected chi connectivity index (χ3v) is 11.6. The van der Waals surface area contributed by atoms with E-state index in [1.807, 2.05) is 55.5 Å². The zero-order chi connectivity index (χ0) is 35.6. The summed E-state index contributed by atoms with van der Waals surface area (Å²) >= 11 is 6.43. The Bertz CT molecular complexity index is 2260. The minimum absolute atomic E-state index is 0.0158. The molecule has 9 nitrogen and oxygen atoms in total. The van der Waals surface area contributed by atoms with E-state index in [9.17, 15) is 27.6 Å². The van der Waals surface area contributed by atoms with Gasteiger partial charge in [-0.05, 0) is 77.7 Å². The molecule has 11 heteroatoms. The number of hydrogen-bond acceptors (Lipinski definition) is 7. The molecular weight excluding hydrogens is 688 g/mol. The van der Waals surface area contributed by atoms with Gasteiger partial charge in [0.15, 0.2) is 5.78 Å². The van der Waals surface area contributed by atoms with Crippen LogP contribution in [0.3, 0.4) is 0 Å². The summed E-state index contributed by atoms with van der Waals surface area (Å²) in [6.45, 7) is 1.17. The van der Waals surface area contributed by atoms with E-state index in [1.165, 1.54) is 48.5 Å². The van der Waals surface area contributed by atoms with E-state index in [-0.39, 0.29) is 26.8 Å². The monoisotopic (exact) mass is 716 g/mol. The summed E-state index contributed by atoms with van der Waals surface area (Å²) < 4.78 is 30.9. The van der Waals surface area contributed by atoms with E-state index in [1.54, 1.807) is 24.3 Å². The molecular formula is C40H29ClN2O7S. The van der Waals surface area contributed by atoms with Gasteiger partial charge in [0.1, 0.15) is 17.2 Å². The lowest BCUT2D eigenvalue weighted by molar-refractivity contribution is -0.154. The third-order valence-electron chi connectivity index (χ3n) is 9.99. The molecule has 2 atom stereocenters. The second-order valence-corrected chi connectivity index (χ2v) is 14.8. The van der Waals surface area contributed by atoms with E-state index in [2.05, 4.69) is 0 Å². The highest BCUT2D eigenvalue weighted by molar-refractivity contribution is 7.87. The van der Waals surface area contributed by atoms with Crippen molar-refractivity contribution in [2.24, 2.45) is 11.8 Å². The molecule has 0 N–H and O–H groups in total. The summed E-state index contributed by atoms with van der Waals surface area (Å²) in [6, 6.07) is 33.4. The second-order valence-electron chi connectivity index (χ2n) is 12.9. The van der Waals surface area contributed by atoms with Crippen molar-refractivity contribution in [3.63, 3.8) is 0 Å². The average molecular weight is 717 g/mol. The average Bonchev–Trinajstić information content (AvgIpc) is 3.40. The van der Waals surface area contributed by atoms with Crippen LogP contribution >= 0.6 is 11.6 Å². The maximum Gasteiger partial charge on any atom is 0.339 e. The summed E-state index contributed by atoms with van der Waals surface area (Å²) in [5.41, 5.74) is 4.88. The summed E-state index contributed by atoms with van der Waals surface area (Å²) in [6.07, 6.45) is 0. The van der Waals surface area contributed by atoms with Gasteiger partial charge in [0.2, 0.25) is 0 Å². The van der Waals surface area contributed by atoms with Crippen LogP contribution < -0.4 is 4.18 Å². The van der Waals surface area contributed by atoms with Crippen molar-refractivity contribution >= 4 is 45.2 Å². The molecule has 1 aliphatic heterocycles. The van der Waals surface area contributed by atoms with Crippen molar-refractivity contribution in [2.75, 3.05) is 6.54 Å². The number of carbonyl (C=O) groups is 4. The van der Waals surface area contributed by atoms with Gasteiger partial charge < -0.3 is 4.18 Å². The summed E-state index contributed by atoms with van der Waals surface area (Å²) in [5, 5.41) is 1.84. The maximum atomic E-state index is 14.5. The fourth-order valence-electron chi connectivity index (χ4n) is 7.71. The number of carbonyl (C=O) groups excluding carboxylic acids is 4. The predicted molar refractivity (Wildman–Crippen MR) is 188 cm³/mol. The topological polar surface area (TPSA) is 118 Å². The zero-order valence-corrected chi connectivity index (χ0v) is 28.7. The van der Waals surface area contributed by atoms with Gasteiger partial charge in [0.25, 0.3) is 17.7 Å². The van der Waals surface area contributed by atoms with Gasteiger partial charge in [-0.3, -0.25) is 19.2 Å². The first-order chi connectivity index (χ1) is 24.5. The number of aryl methyl sites for hydroxylation is 1. The summed E-state index contributed by atoms with van der Waals surface area (Å²) in [7, 11) is -4.14. The third kappa shape index (κ3) is 5.33. The Morgan fingerprint density at radius 1 is 0.706 bits per heavy atom. The van der Waals surface area contributed by atoms with E-state index in [4.69, 9.17) is 15.8 Å². The van der Waals surface area contributed by atoms with E-state index < -0.39 is 63.8 Å². The van der Waals surface area contributed by atoms with Gasteiger partial charge >= 0.3 is 10.1 Å². The number of nitrogens with zero attached hydrogens (tertiary/aromatic N) is 2. The number of amides is 3. The summed E-state index contributed by atoms with van der Waals surface area (Å²) in [5.74, 6) is -4.94. The molecule has 1 fully saturated rings. The maximum absolute atomic E-state index is 14.5. The van der Waals surface area contributed by atoms with Crippen molar-refractivity contribution in [1.82, 2.24) is 10.0 Å². The first-order valence-electron chi connectivity index (χ1n) is 16.3. The number of benzene rings is 5. The molecule has 0 spiro atoms. The van der Waals surface area contributed by atoms with E-state index in [0.717, 1.165) is 37.8 Å². The van der Waals surface area contributed by atoms with Crippen molar-refractivity contribution in [2.45, 2.75) is 23.7 Å². The quantitative estimate of drug-likeness (QED) is 0.102. The largest absolute Gasteiger partial charge is 0.379 e. The van der Waals surface area contributed by atoms with Crippen molar-refractivity contribution in [1.29, 1.82) is 0 Å². The Balaban J connectivity index is 1.12. The number of imide groups is 1. The molecule has 4 aliphatic rings. The van der Waals surface area contributed by atoms with E-state index in [0.29, 0.717) is 0 Å². The molecule has 0 radical (unpaired) electrons. The van der Waals surface area contributed by atoms with Crippen LogP contribution in [0.15, 0.2) is 126 Å². The Kier molecular flexibility index (Phi) is 7.88. The Labute approximate surface area is 299 Å². The summed E-state index contributed by atoms with van der Waals surface area (Å²) in [4.78, 5) is 57.2. The van der Waals surface area contributed by atoms with Crippen LogP contribution in [0, 0.1) is 18.8 Å². The lowest BCUT2D eigenvalue weighted by atomic mass is 9.55. The lowest BCUT2D eigenvalue weighted by Gasteiger charge is -2.45. The first kappa shape index (κ1) is 32.6. The number of halogens is 1. The molecule has 0 unspecified atom stereocenters. The molecule has 9 rings (SSSR count). The van der Waals surface area contributed by atoms with Crippen LogP contribution in [0.1, 0.15) is 60.4 Å². The number of hydrazine groups is 1. The number of ketones is 1. The number of hydrogen-bond donors (Lipinski definition) is 0. The van der Waals surface area contributed by atoms with Crippen LogP contribution in [-0.4, -0.2) is 48.5 Å². The van der Waals surface area contributed by atoms with Crippen LogP contribution in [0.5, 0.6) is 5.75 Å². The Hall–Kier alpha value is -5.58. The van der Waals surface area contributed by atoms with Gasteiger partial charge in [0.05, 0.1) is 22.4 Å². The van der Waals surface area contributed by atoms with Crippen LogP contribution in [-0.2, 0) is 19.7 Å². The molecule has 51 heavy (non-hydrogen) atoms. The van der Waals surface area contributed by atoms with Crippen LogP contribution in [0.4, 0.5) is 0 Å². The fraction of sp³-hybridized carbons (Fsp3) is 0.150. The van der Waals surface area contributed by atoms with Crippen molar-refractivity contribution in [3.05, 3.63) is 165 Å². The van der Waals surface area contributed by atoms with Gasteiger partial charge in [-0.2, -0.15) is 13.4 Å². The SMILES string of the molecule is Cc1ccc(S(=O)(=O)Oc2ccc(C(=O)CN(C(=O)c3ccccc3Cl)N3C(=O)[C@@H]4C5c6ccccc6C(c6ccccc65)[C@@H]4C3=O)cc2)cc1. The van der Waals surface area contributed by atoms with Gasteiger partial charge in [-0.25, -0.2) is 5.01 Å². The molecule has 3 amide bonds. The molecule has 0 aromatic heterocycles. The highest BCUT2D eigenvalue weighted by atomic mass is 35.5. The molecule has 0 saturated carbocycles. The normalized spacial score (nSPS) is 20.0. The first-order valence-corrected chi connectivity index (χ1v) is 18.1. The van der Waals surface area contributed by atoms with Gasteiger partial charge in [-0.1, -0.05) is 90.0 Å². The Morgan fingerprint density at radius 3 is 1.71 bits per heavy atom. The van der Waals surface area contributed by atoms with Crippen molar-refractivity contribution in [3.8, 4) is 5.75 Å². The smallest absolute Gasteiger partial charge is 0.339 e. The number of Topliss-reactive ketones (excluding diaryl/α,β-unsaturated/α-hetero) is 1. The molecule has 2 bridgehead atoms. The standard InChI is InChI=1S/C40H29ClN2O7S/c1-23-14-20-26(21-15-23)51(48,49)50-25-18-16-24(17-19-25)33(44)22-42(38(45)31-12-6-7-13-32(31)41)43-39(46)36-34-27-8-2-3-9-28(27)35(37(36)40(43)47)30-11-5-4-10-29(30)34/h2-21,34-37H,22H2,1H3/t34?,35?,36-,37+. The van der Waals surface area contributed by atoms with E-state index >= 15 is 0 Å². The molecule has 3 aliphatic carbocycles. The molecule has 254 valence electrons. The minimum Gasteiger partial charge on any atom is -0.379 e. The fourth-order valence-corrected chi connectivity index (χ4v) is 8.86. The lowest BCUT2D eigenvalue weighted by Crippen LogP contribution is -2.52. The molecule has 5 aromatic carbocycles.